The van der Waals surface area contributed by atoms with E-state index in [1.54, 1.807) is 23.0 Å². The highest BCUT2D eigenvalue weighted by Gasteiger charge is 2.24. The Labute approximate surface area is 165 Å². The smallest absolute Gasteiger partial charge is 0.265 e. The number of halogens is 1. The second-order valence-corrected chi connectivity index (χ2v) is 7.70. The van der Waals surface area contributed by atoms with Gasteiger partial charge in [0.25, 0.3) is 5.91 Å². The molecule has 0 saturated heterocycles. The number of aromatic nitrogens is 3. The van der Waals surface area contributed by atoms with Gasteiger partial charge in [0.15, 0.2) is 0 Å². The molecule has 0 N–H and O–H groups in total. The van der Waals surface area contributed by atoms with Gasteiger partial charge in [-0.2, -0.15) is 5.10 Å². The third-order valence-electron chi connectivity index (χ3n) is 4.69. The summed E-state index contributed by atoms with van der Waals surface area (Å²) in [6.45, 7) is 2.00. The van der Waals surface area contributed by atoms with E-state index in [4.69, 9.17) is 11.6 Å². The molecule has 0 fully saturated rings. The Bertz CT molecular complexity index is 1090. The summed E-state index contributed by atoms with van der Waals surface area (Å²) in [4.78, 5) is 19.3. The van der Waals surface area contributed by atoms with E-state index < -0.39 is 0 Å². The third-order valence-corrected chi connectivity index (χ3v) is 6.35. The maximum Gasteiger partial charge on any atom is 0.265 e. The summed E-state index contributed by atoms with van der Waals surface area (Å²) in [7, 11) is 1.80. The van der Waals surface area contributed by atoms with E-state index in [1.165, 1.54) is 17.7 Å². The molecular weight excluding hydrogens is 380 g/mol. The highest BCUT2D eigenvalue weighted by atomic mass is 35.5. The zero-order valence-corrected chi connectivity index (χ0v) is 16.4. The Morgan fingerprint density at radius 1 is 1.19 bits per heavy atom. The Balaban J connectivity index is 1.58. The standard InChI is InChI=1S/C20H17ClN4OS/c1-13(14-7-9-15(10-8-14)25-12-22-11-23-25)24(2)20(26)19-18(21)16-5-3-4-6-17(16)27-19/h3-13H,1-2H3/t13-/m0/s1. The molecule has 0 radical (unpaired) electrons. The van der Waals surface area contributed by atoms with Crippen molar-refractivity contribution in [2.75, 3.05) is 7.05 Å². The molecule has 27 heavy (non-hydrogen) atoms. The van der Waals surface area contributed by atoms with Crippen molar-refractivity contribution in [2.45, 2.75) is 13.0 Å². The lowest BCUT2D eigenvalue weighted by atomic mass is 10.1. The Morgan fingerprint density at radius 2 is 1.93 bits per heavy atom. The molecule has 7 heteroatoms. The number of thiophene rings is 1. The molecule has 4 rings (SSSR count). The van der Waals surface area contributed by atoms with Crippen LogP contribution in [0, 0.1) is 0 Å². The number of amides is 1. The van der Waals surface area contributed by atoms with Gasteiger partial charge in [-0.05, 0) is 30.7 Å². The fourth-order valence-corrected chi connectivity index (χ4v) is 4.45. The summed E-state index contributed by atoms with van der Waals surface area (Å²) in [5.74, 6) is -0.0750. The second-order valence-electron chi connectivity index (χ2n) is 6.26. The molecular formula is C20H17ClN4OS. The molecule has 0 spiro atoms. The first kappa shape index (κ1) is 17.7. The van der Waals surface area contributed by atoms with Crippen molar-refractivity contribution in [3.8, 4) is 5.69 Å². The minimum Gasteiger partial charge on any atom is -0.334 e. The molecule has 0 aliphatic rings. The topological polar surface area (TPSA) is 51.0 Å². The SMILES string of the molecule is C[C@@H](c1ccc(-n2cncn2)cc1)N(C)C(=O)c1sc2ccccc2c1Cl. The lowest BCUT2D eigenvalue weighted by molar-refractivity contribution is 0.0748. The molecule has 0 aliphatic heterocycles. The molecule has 5 nitrogen and oxygen atoms in total. The Kier molecular flexibility index (Phi) is 4.68. The van der Waals surface area contributed by atoms with Crippen LogP contribution in [0.4, 0.5) is 0 Å². The van der Waals surface area contributed by atoms with Crippen LogP contribution in [0.1, 0.15) is 28.2 Å². The highest BCUT2D eigenvalue weighted by molar-refractivity contribution is 7.21. The molecule has 136 valence electrons. The molecule has 0 bridgehead atoms. The minimum atomic E-state index is -0.0939. The molecule has 0 aliphatic carbocycles. The van der Waals surface area contributed by atoms with Gasteiger partial charge < -0.3 is 4.90 Å². The summed E-state index contributed by atoms with van der Waals surface area (Å²) in [5.41, 5.74) is 1.96. The number of benzene rings is 2. The van der Waals surface area contributed by atoms with Crippen molar-refractivity contribution >= 4 is 38.9 Å². The molecule has 1 atom stereocenters. The number of carbonyl (C=O) groups is 1. The van der Waals surface area contributed by atoms with Crippen LogP contribution in [0.15, 0.2) is 61.2 Å². The number of nitrogens with zero attached hydrogens (tertiary/aromatic N) is 4. The largest absolute Gasteiger partial charge is 0.334 e. The normalized spacial score (nSPS) is 12.3. The number of hydrogen-bond acceptors (Lipinski definition) is 4. The fraction of sp³-hybridized carbons (Fsp3) is 0.150. The van der Waals surface area contributed by atoms with E-state index in [1.807, 2.05) is 55.5 Å². The number of fused-ring (bicyclic) bond motifs is 1. The minimum absolute atomic E-state index is 0.0750. The average molecular weight is 397 g/mol. The molecule has 1 amide bonds. The van der Waals surface area contributed by atoms with Crippen LogP contribution in [0.25, 0.3) is 15.8 Å². The van der Waals surface area contributed by atoms with E-state index in [2.05, 4.69) is 10.1 Å². The lowest BCUT2D eigenvalue weighted by Crippen LogP contribution is -2.29. The van der Waals surface area contributed by atoms with Gasteiger partial charge in [0.1, 0.15) is 17.5 Å². The molecule has 0 unspecified atom stereocenters. The van der Waals surface area contributed by atoms with Crippen LogP contribution in [-0.2, 0) is 0 Å². The Morgan fingerprint density at radius 3 is 2.59 bits per heavy atom. The van der Waals surface area contributed by atoms with E-state index in [0.717, 1.165) is 21.3 Å². The van der Waals surface area contributed by atoms with Crippen LogP contribution in [0.3, 0.4) is 0 Å². The van der Waals surface area contributed by atoms with Crippen LogP contribution in [-0.4, -0.2) is 32.6 Å². The quantitative estimate of drug-likeness (QED) is 0.489. The van der Waals surface area contributed by atoms with Gasteiger partial charge in [-0.25, -0.2) is 9.67 Å². The van der Waals surface area contributed by atoms with Gasteiger partial charge in [0.2, 0.25) is 0 Å². The van der Waals surface area contributed by atoms with Gasteiger partial charge in [-0.15, -0.1) is 11.3 Å². The van der Waals surface area contributed by atoms with Crippen LogP contribution >= 0.6 is 22.9 Å². The van der Waals surface area contributed by atoms with Crippen LogP contribution < -0.4 is 0 Å². The lowest BCUT2D eigenvalue weighted by Gasteiger charge is -2.25. The van der Waals surface area contributed by atoms with Crippen molar-refractivity contribution < 1.29 is 4.79 Å². The zero-order chi connectivity index (χ0) is 19.0. The van der Waals surface area contributed by atoms with Gasteiger partial charge in [-0.1, -0.05) is 41.9 Å². The summed E-state index contributed by atoms with van der Waals surface area (Å²) in [6, 6.07) is 15.6. The zero-order valence-electron chi connectivity index (χ0n) is 14.8. The molecule has 2 aromatic carbocycles. The van der Waals surface area contributed by atoms with E-state index in [9.17, 15) is 4.79 Å². The number of hydrogen-bond donors (Lipinski definition) is 0. The van der Waals surface area contributed by atoms with Gasteiger partial charge in [-0.3, -0.25) is 4.79 Å². The predicted octanol–water partition coefficient (Wildman–Crippen LogP) is 4.97. The van der Waals surface area contributed by atoms with Crippen molar-refractivity contribution in [2.24, 2.45) is 0 Å². The van der Waals surface area contributed by atoms with Crippen LogP contribution in [0.5, 0.6) is 0 Å². The number of rotatable bonds is 4. The summed E-state index contributed by atoms with van der Waals surface area (Å²) in [5, 5.41) is 5.57. The highest BCUT2D eigenvalue weighted by Crippen LogP contribution is 2.36. The van der Waals surface area contributed by atoms with Crippen molar-refractivity contribution in [1.82, 2.24) is 19.7 Å². The van der Waals surface area contributed by atoms with E-state index in [-0.39, 0.29) is 11.9 Å². The monoisotopic (exact) mass is 396 g/mol. The fourth-order valence-electron chi connectivity index (χ4n) is 2.96. The van der Waals surface area contributed by atoms with E-state index in [0.29, 0.717) is 9.90 Å². The first-order valence-electron chi connectivity index (χ1n) is 8.45. The predicted molar refractivity (Wildman–Crippen MR) is 109 cm³/mol. The number of carbonyl (C=O) groups excluding carboxylic acids is 1. The molecule has 2 aromatic heterocycles. The molecule has 0 saturated carbocycles. The summed E-state index contributed by atoms with van der Waals surface area (Å²) < 4.78 is 2.71. The van der Waals surface area contributed by atoms with Crippen molar-refractivity contribution in [1.29, 1.82) is 0 Å². The first-order valence-corrected chi connectivity index (χ1v) is 9.65. The van der Waals surface area contributed by atoms with Crippen molar-refractivity contribution in [3.05, 3.63) is 76.6 Å². The average Bonchev–Trinajstić information content (AvgIpc) is 3.35. The summed E-state index contributed by atoms with van der Waals surface area (Å²) >= 11 is 7.90. The maximum absolute atomic E-state index is 13.0. The third kappa shape index (κ3) is 3.22. The first-order chi connectivity index (χ1) is 13.1. The molecule has 2 heterocycles. The molecule has 4 aromatic rings. The van der Waals surface area contributed by atoms with E-state index >= 15 is 0 Å². The van der Waals surface area contributed by atoms with Crippen molar-refractivity contribution in [3.63, 3.8) is 0 Å². The van der Waals surface area contributed by atoms with Crippen LogP contribution in [0.2, 0.25) is 5.02 Å². The summed E-state index contributed by atoms with van der Waals surface area (Å²) in [6.07, 6.45) is 3.15. The Hall–Kier alpha value is -2.70. The van der Waals surface area contributed by atoms with Gasteiger partial charge >= 0.3 is 0 Å². The van der Waals surface area contributed by atoms with Gasteiger partial charge in [0, 0.05) is 17.1 Å². The second kappa shape index (κ2) is 7.13. The maximum atomic E-state index is 13.0. The van der Waals surface area contributed by atoms with Gasteiger partial charge in [0.05, 0.1) is 16.8 Å².